The van der Waals surface area contributed by atoms with Crippen LogP contribution in [0.1, 0.15) is 34.7 Å². The van der Waals surface area contributed by atoms with Gasteiger partial charge in [0, 0.05) is 18.3 Å². The Morgan fingerprint density at radius 1 is 1.00 bits per heavy atom. The van der Waals surface area contributed by atoms with Crippen LogP contribution >= 0.6 is 0 Å². The lowest BCUT2D eigenvalue weighted by molar-refractivity contribution is -0.117. The highest BCUT2D eigenvalue weighted by Gasteiger charge is 2.21. The number of carbonyl (C=O) groups excluding carboxylic acids is 2. The van der Waals surface area contributed by atoms with Gasteiger partial charge < -0.3 is 10.6 Å². The molecule has 1 heterocycles. The van der Waals surface area contributed by atoms with Crippen LogP contribution in [-0.2, 0) is 4.79 Å². The van der Waals surface area contributed by atoms with Crippen molar-refractivity contribution < 1.29 is 9.59 Å². The molecule has 0 radical (unpaired) electrons. The van der Waals surface area contributed by atoms with Gasteiger partial charge in [-0.15, -0.1) is 0 Å². The van der Waals surface area contributed by atoms with Crippen molar-refractivity contribution in [1.82, 2.24) is 10.2 Å². The lowest BCUT2D eigenvalue weighted by Crippen LogP contribution is -2.38. The molecule has 26 heavy (non-hydrogen) atoms. The first-order chi connectivity index (χ1) is 12.7. The Balaban J connectivity index is 1.46. The fourth-order valence-corrected chi connectivity index (χ4v) is 3.40. The van der Waals surface area contributed by atoms with Gasteiger partial charge in [0.25, 0.3) is 5.91 Å². The molecule has 1 aliphatic heterocycles. The molecular formula is C21H25N3O2. The molecule has 0 aliphatic carbocycles. The molecule has 3 rings (SSSR count). The third-order valence-electron chi connectivity index (χ3n) is 4.88. The van der Waals surface area contributed by atoms with Crippen LogP contribution in [0.25, 0.3) is 0 Å². The highest BCUT2D eigenvalue weighted by atomic mass is 16.2. The number of nitrogens with zero attached hydrogens (tertiary/aromatic N) is 1. The average molecular weight is 351 g/mol. The van der Waals surface area contributed by atoms with Crippen molar-refractivity contribution >= 4 is 17.5 Å². The van der Waals surface area contributed by atoms with Crippen molar-refractivity contribution in [3.63, 3.8) is 0 Å². The van der Waals surface area contributed by atoms with Gasteiger partial charge in [-0.25, -0.2) is 0 Å². The molecule has 0 aromatic heterocycles. The largest absolute Gasteiger partial charge is 0.355 e. The van der Waals surface area contributed by atoms with Crippen molar-refractivity contribution in [2.45, 2.75) is 18.8 Å². The first-order valence-electron chi connectivity index (χ1n) is 9.05. The molecule has 2 amide bonds. The summed E-state index contributed by atoms with van der Waals surface area (Å²) in [4.78, 5) is 26.0. The molecule has 5 heteroatoms. The number of hydrogen-bond donors (Lipinski definition) is 2. The van der Waals surface area contributed by atoms with Crippen molar-refractivity contribution in [2.24, 2.45) is 0 Å². The summed E-state index contributed by atoms with van der Waals surface area (Å²) in [7, 11) is 1.60. The minimum atomic E-state index is -0.135. The number of likely N-dealkylation sites (tertiary alicyclic amines) is 1. The van der Waals surface area contributed by atoms with Gasteiger partial charge >= 0.3 is 0 Å². The topological polar surface area (TPSA) is 61.4 Å². The average Bonchev–Trinajstić information content (AvgIpc) is 2.69. The van der Waals surface area contributed by atoms with Crippen LogP contribution in [0.4, 0.5) is 5.69 Å². The predicted octanol–water partition coefficient (Wildman–Crippen LogP) is 2.86. The summed E-state index contributed by atoms with van der Waals surface area (Å²) >= 11 is 0. The fourth-order valence-electron chi connectivity index (χ4n) is 3.40. The van der Waals surface area contributed by atoms with Gasteiger partial charge in [0.05, 0.1) is 6.54 Å². The Bertz CT molecular complexity index is 736. The maximum absolute atomic E-state index is 12.3. The van der Waals surface area contributed by atoms with E-state index in [1.165, 1.54) is 5.56 Å². The zero-order chi connectivity index (χ0) is 18.4. The van der Waals surface area contributed by atoms with Crippen molar-refractivity contribution in [3.8, 4) is 0 Å². The van der Waals surface area contributed by atoms with E-state index in [1.54, 1.807) is 31.3 Å². The van der Waals surface area contributed by atoms with Gasteiger partial charge in [0.2, 0.25) is 5.91 Å². The molecule has 1 fully saturated rings. The van der Waals surface area contributed by atoms with Gasteiger partial charge in [0.15, 0.2) is 0 Å². The number of rotatable bonds is 5. The van der Waals surface area contributed by atoms with E-state index in [9.17, 15) is 9.59 Å². The lowest BCUT2D eigenvalue weighted by Gasteiger charge is -2.31. The summed E-state index contributed by atoms with van der Waals surface area (Å²) in [5.41, 5.74) is 2.68. The molecule has 136 valence electrons. The molecule has 2 aromatic rings. The standard InChI is InChI=1S/C21H25N3O2/c1-22-21(26)18-7-9-19(10-8-18)23-20(25)15-24-13-11-17(12-14-24)16-5-3-2-4-6-16/h2-10,17H,11-15H2,1H3,(H,22,26)(H,23,25). The molecule has 0 saturated carbocycles. The first-order valence-corrected chi connectivity index (χ1v) is 9.05. The number of hydrogen-bond acceptors (Lipinski definition) is 3. The summed E-state index contributed by atoms with van der Waals surface area (Å²) in [5, 5.41) is 5.48. The van der Waals surface area contributed by atoms with E-state index in [4.69, 9.17) is 0 Å². The Kier molecular flexibility index (Phi) is 6.02. The normalized spacial score (nSPS) is 15.4. The van der Waals surface area contributed by atoms with Gasteiger partial charge in [-0.2, -0.15) is 0 Å². The monoisotopic (exact) mass is 351 g/mol. The van der Waals surface area contributed by atoms with Crippen LogP contribution in [0.2, 0.25) is 0 Å². The number of piperidine rings is 1. The zero-order valence-electron chi connectivity index (χ0n) is 15.1. The molecule has 0 atom stereocenters. The molecule has 1 aliphatic rings. The van der Waals surface area contributed by atoms with E-state index in [2.05, 4.69) is 39.8 Å². The van der Waals surface area contributed by atoms with Crippen LogP contribution in [0.3, 0.4) is 0 Å². The van der Waals surface area contributed by atoms with Crippen LogP contribution < -0.4 is 10.6 Å². The summed E-state index contributed by atoms with van der Waals surface area (Å²) in [6, 6.07) is 17.5. The summed E-state index contributed by atoms with van der Waals surface area (Å²) < 4.78 is 0. The van der Waals surface area contributed by atoms with E-state index in [0.29, 0.717) is 23.7 Å². The van der Waals surface area contributed by atoms with Crippen molar-refractivity contribution in [2.75, 3.05) is 32.0 Å². The highest BCUT2D eigenvalue weighted by Crippen LogP contribution is 2.27. The van der Waals surface area contributed by atoms with Gasteiger partial charge in [-0.05, 0) is 61.7 Å². The SMILES string of the molecule is CNC(=O)c1ccc(NC(=O)CN2CCC(c3ccccc3)CC2)cc1. The minimum Gasteiger partial charge on any atom is -0.355 e. The van der Waals surface area contributed by atoms with E-state index < -0.39 is 0 Å². The summed E-state index contributed by atoms with van der Waals surface area (Å²) in [6.45, 7) is 2.27. The molecule has 2 N–H and O–H groups in total. The molecule has 0 spiro atoms. The third-order valence-corrected chi connectivity index (χ3v) is 4.88. The van der Waals surface area contributed by atoms with Crippen molar-refractivity contribution in [1.29, 1.82) is 0 Å². The molecule has 0 bridgehead atoms. The highest BCUT2D eigenvalue weighted by molar-refractivity contribution is 5.96. The molecule has 0 unspecified atom stereocenters. The maximum atomic E-state index is 12.3. The Labute approximate surface area is 154 Å². The van der Waals surface area contributed by atoms with Crippen LogP contribution in [0.5, 0.6) is 0 Å². The molecule has 1 saturated heterocycles. The third kappa shape index (κ3) is 4.70. The number of carbonyl (C=O) groups is 2. The predicted molar refractivity (Wildman–Crippen MR) is 103 cm³/mol. The number of benzene rings is 2. The second-order valence-electron chi connectivity index (χ2n) is 6.67. The first kappa shape index (κ1) is 18.1. The minimum absolute atomic E-state index is 0.0177. The number of amides is 2. The van der Waals surface area contributed by atoms with Crippen molar-refractivity contribution in [3.05, 3.63) is 65.7 Å². The number of nitrogens with one attached hydrogen (secondary N) is 2. The number of anilines is 1. The van der Waals surface area contributed by atoms with Crippen LogP contribution in [0.15, 0.2) is 54.6 Å². The fraction of sp³-hybridized carbons (Fsp3) is 0.333. The van der Waals surface area contributed by atoms with E-state index in [0.717, 1.165) is 25.9 Å². The van der Waals surface area contributed by atoms with Gasteiger partial charge in [0.1, 0.15) is 0 Å². The second kappa shape index (κ2) is 8.63. The van der Waals surface area contributed by atoms with E-state index in [1.807, 2.05) is 6.07 Å². The maximum Gasteiger partial charge on any atom is 0.251 e. The molecule has 2 aromatic carbocycles. The van der Waals surface area contributed by atoms with E-state index >= 15 is 0 Å². The quantitative estimate of drug-likeness (QED) is 0.871. The summed E-state index contributed by atoms with van der Waals surface area (Å²) in [5.74, 6) is 0.438. The Morgan fingerprint density at radius 2 is 1.65 bits per heavy atom. The van der Waals surface area contributed by atoms with Crippen LogP contribution in [0, 0.1) is 0 Å². The lowest BCUT2D eigenvalue weighted by atomic mass is 9.89. The Morgan fingerprint density at radius 3 is 2.27 bits per heavy atom. The Hall–Kier alpha value is -2.66. The smallest absolute Gasteiger partial charge is 0.251 e. The van der Waals surface area contributed by atoms with E-state index in [-0.39, 0.29) is 11.8 Å². The molecular weight excluding hydrogens is 326 g/mol. The zero-order valence-corrected chi connectivity index (χ0v) is 15.1. The van der Waals surface area contributed by atoms with Gasteiger partial charge in [-0.3, -0.25) is 14.5 Å². The molecule has 5 nitrogen and oxygen atoms in total. The second-order valence-corrected chi connectivity index (χ2v) is 6.67. The van der Waals surface area contributed by atoms with Gasteiger partial charge in [-0.1, -0.05) is 30.3 Å². The van der Waals surface area contributed by atoms with Crippen LogP contribution in [-0.4, -0.2) is 43.4 Å². The summed E-state index contributed by atoms with van der Waals surface area (Å²) in [6.07, 6.45) is 2.16.